The van der Waals surface area contributed by atoms with Crippen LogP contribution in [-0.4, -0.2) is 27.5 Å². The Morgan fingerprint density at radius 3 is 2.96 bits per heavy atom. The lowest BCUT2D eigenvalue weighted by molar-refractivity contribution is 0.0957. The Balaban J connectivity index is 1.63. The predicted octanol–water partition coefficient (Wildman–Crippen LogP) is 3.77. The maximum atomic E-state index is 13.1. The maximum absolute atomic E-state index is 13.1. The number of aryl methyl sites for hydroxylation is 2. The third-order valence-corrected chi connectivity index (χ3v) is 5.74. The summed E-state index contributed by atoms with van der Waals surface area (Å²) in [6.45, 7) is 4.03. The third kappa shape index (κ3) is 2.64. The summed E-state index contributed by atoms with van der Waals surface area (Å²) in [4.78, 5) is 20.6. The molecule has 1 saturated heterocycles. The molecule has 2 aromatic heterocycles. The van der Waals surface area contributed by atoms with Crippen LogP contribution in [0.15, 0.2) is 42.7 Å². The molecule has 122 valence electrons. The first-order chi connectivity index (χ1) is 11.6. The number of ketones is 1. The number of thioether (sulfide) groups is 1. The minimum absolute atomic E-state index is 0.125. The van der Waals surface area contributed by atoms with Gasteiger partial charge in [0.05, 0.1) is 11.4 Å². The number of Topliss-reactive ketones (excluding diaryl/α,β-unsaturated/α-hetero) is 1. The zero-order valence-electron chi connectivity index (χ0n) is 13.7. The Labute approximate surface area is 145 Å². The Bertz CT molecular complexity index is 904. The highest BCUT2D eigenvalue weighted by Gasteiger charge is 2.33. The van der Waals surface area contributed by atoms with Crippen molar-refractivity contribution >= 4 is 28.4 Å². The summed E-state index contributed by atoms with van der Waals surface area (Å²) < 4.78 is 0. The van der Waals surface area contributed by atoms with Crippen LogP contribution in [0.3, 0.4) is 0 Å². The summed E-state index contributed by atoms with van der Waals surface area (Å²) in [5.74, 6) is 0.944. The molecule has 3 aromatic rings. The first-order valence-corrected chi connectivity index (χ1v) is 9.09. The first kappa shape index (κ1) is 15.4. The van der Waals surface area contributed by atoms with Gasteiger partial charge in [0.2, 0.25) is 0 Å². The molecule has 0 bridgehead atoms. The number of carbonyl (C=O) groups excluding carboxylic acids is 1. The predicted molar refractivity (Wildman–Crippen MR) is 98.5 cm³/mol. The van der Waals surface area contributed by atoms with Crippen LogP contribution in [0.2, 0.25) is 0 Å². The third-order valence-electron chi connectivity index (χ3n) is 4.47. The van der Waals surface area contributed by atoms with Crippen molar-refractivity contribution in [3.63, 3.8) is 0 Å². The van der Waals surface area contributed by atoms with Crippen molar-refractivity contribution in [1.29, 1.82) is 0 Å². The molecule has 1 unspecified atom stereocenters. The van der Waals surface area contributed by atoms with Gasteiger partial charge in [-0.05, 0) is 37.6 Å². The fourth-order valence-corrected chi connectivity index (χ4v) is 4.50. The van der Waals surface area contributed by atoms with Crippen LogP contribution in [0.5, 0.6) is 0 Å². The smallest absolute Gasteiger partial charge is 0.183 e. The summed E-state index contributed by atoms with van der Waals surface area (Å²) in [5.41, 5.74) is 5.06. The van der Waals surface area contributed by atoms with Crippen molar-refractivity contribution in [2.45, 2.75) is 25.3 Å². The SMILES string of the molecule is Cc1ccc2[nH]c(C)c(C(=O)[C@@H]3CSC(c4cccnc4)N3)c2c1. The quantitative estimate of drug-likeness (QED) is 0.714. The number of nitrogens with one attached hydrogen (secondary N) is 2. The lowest BCUT2D eigenvalue weighted by atomic mass is 10.0. The average Bonchev–Trinajstić information content (AvgIpc) is 3.19. The normalized spacial score (nSPS) is 20.6. The molecule has 1 aliphatic rings. The van der Waals surface area contributed by atoms with E-state index in [0.717, 1.165) is 39.0 Å². The minimum atomic E-state index is -0.168. The Morgan fingerprint density at radius 1 is 1.29 bits per heavy atom. The second-order valence-corrected chi connectivity index (χ2v) is 7.40. The number of aromatic nitrogens is 2. The van der Waals surface area contributed by atoms with Crippen molar-refractivity contribution in [1.82, 2.24) is 15.3 Å². The molecule has 3 heterocycles. The van der Waals surface area contributed by atoms with Crippen LogP contribution in [0.25, 0.3) is 10.9 Å². The summed E-state index contributed by atoms with van der Waals surface area (Å²) in [6.07, 6.45) is 3.63. The molecule has 24 heavy (non-hydrogen) atoms. The number of carbonyl (C=O) groups is 1. The van der Waals surface area contributed by atoms with Gasteiger partial charge in [-0.15, -0.1) is 11.8 Å². The van der Waals surface area contributed by atoms with Gasteiger partial charge in [0.1, 0.15) is 0 Å². The molecule has 0 saturated carbocycles. The van der Waals surface area contributed by atoms with Crippen molar-refractivity contribution < 1.29 is 4.79 Å². The monoisotopic (exact) mass is 337 g/mol. The van der Waals surface area contributed by atoms with Crippen LogP contribution < -0.4 is 5.32 Å². The standard InChI is InChI=1S/C19H19N3OS/c1-11-5-6-15-14(8-11)17(12(2)21-15)18(23)16-10-24-19(22-16)13-4-3-7-20-9-13/h3-9,16,19,21-22H,10H2,1-2H3/t16-,19?/m0/s1. The number of hydrogen-bond donors (Lipinski definition) is 2. The molecule has 1 aromatic carbocycles. The van der Waals surface area contributed by atoms with Gasteiger partial charge in [0.15, 0.2) is 5.78 Å². The number of aromatic amines is 1. The second kappa shape index (κ2) is 6.07. The molecule has 2 N–H and O–H groups in total. The molecule has 4 nitrogen and oxygen atoms in total. The Kier molecular flexibility index (Phi) is 3.90. The average molecular weight is 337 g/mol. The highest BCUT2D eigenvalue weighted by atomic mass is 32.2. The number of benzene rings is 1. The number of H-pyrrole nitrogens is 1. The lowest BCUT2D eigenvalue weighted by Gasteiger charge is -2.13. The van der Waals surface area contributed by atoms with Gasteiger partial charge < -0.3 is 4.98 Å². The molecule has 4 rings (SSSR count). The summed E-state index contributed by atoms with van der Waals surface area (Å²) >= 11 is 1.76. The summed E-state index contributed by atoms with van der Waals surface area (Å²) in [7, 11) is 0. The van der Waals surface area contributed by atoms with E-state index >= 15 is 0 Å². The first-order valence-electron chi connectivity index (χ1n) is 8.04. The Hall–Kier alpha value is -2.11. The van der Waals surface area contributed by atoms with E-state index in [9.17, 15) is 4.79 Å². The van der Waals surface area contributed by atoms with E-state index in [1.807, 2.05) is 31.3 Å². The summed E-state index contributed by atoms with van der Waals surface area (Å²) in [5, 5.41) is 4.61. The van der Waals surface area contributed by atoms with E-state index < -0.39 is 0 Å². The molecule has 1 aliphatic heterocycles. The van der Waals surface area contributed by atoms with Gasteiger partial charge >= 0.3 is 0 Å². The van der Waals surface area contributed by atoms with Crippen LogP contribution in [0, 0.1) is 13.8 Å². The van der Waals surface area contributed by atoms with E-state index in [-0.39, 0.29) is 17.2 Å². The van der Waals surface area contributed by atoms with Crippen molar-refractivity contribution in [3.8, 4) is 0 Å². The van der Waals surface area contributed by atoms with Gasteiger partial charge in [-0.3, -0.25) is 15.1 Å². The van der Waals surface area contributed by atoms with Crippen molar-refractivity contribution in [2.75, 3.05) is 5.75 Å². The maximum Gasteiger partial charge on any atom is 0.183 e. The molecule has 5 heteroatoms. The molecular formula is C19H19N3OS. The van der Waals surface area contributed by atoms with Gasteiger partial charge in [-0.1, -0.05) is 17.7 Å². The molecule has 0 spiro atoms. The van der Waals surface area contributed by atoms with E-state index in [2.05, 4.69) is 34.3 Å². The number of fused-ring (bicyclic) bond motifs is 1. The topological polar surface area (TPSA) is 57.8 Å². The van der Waals surface area contributed by atoms with Crippen molar-refractivity contribution in [3.05, 3.63) is 65.1 Å². The number of nitrogens with zero attached hydrogens (tertiary/aromatic N) is 1. The van der Waals surface area contributed by atoms with Crippen LogP contribution in [0.4, 0.5) is 0 Å². The lowest BCUT2D eigenvalue weighted by Crippen LogP contribution is -2.34. The number of hydrogen-bond acceptors (Lipinski definition) is 4. The fraction of sp³-hybridized carbons (Fsp3) is 0.263. The molecule has 0 amide bonds. The van der Waals surface area contributed by atoms with Crippen LogP contribution in [0.1, 0.15) is 32.6 Å². The van der Waals surface area contributed by atoms with E-state index in [4.69, 9.17) is 0 Å². The largest absolute Gasteiger partial charge is 0.358 e. The van der Waals surface area contributed by atoms with Crippen LogP contribution in [-0.2, 0) is 0 Å². The van der Waals surface area contributed by atoms with E-state index in [1.54, 1.807) is 18.0 Å². The zero-order chi connectivity index (χ0) is 16.7. The molecule has 0 aliphatic carbocycles. The highest BCUT2D eigenvalue weighted by molar-refractivity contribution is 7.99. The van der Waals surface area contributed by atoms with Gasteiger partial charge in [-0.2, -0.15) is 0 Å². The zero-order valence-corrected chi connectivity index (χ0v) is 14.5. The molecule has 0 radical (unpaired) electrons. The molecule has 1 fully saturated rings. The van der Waals surface area contributed by atoms with Gasteiger partial charge in [-0.25, -0.2) is 0 Å². The second-order valence-electron chi connectivity index (χ2n) is 6.26. The molecular weight excluding hydrogens is 318 g/mol. The molecule has 2 atom stereocenters. The number of pyridine rings is 1. The Morgan fingerprint density at radius 2 is 2.17 bits per heavy atom. The summed E-state index contributed by atoms with van der Waals surface area (Å²) in [6, 6.07) is 10.0. The number of rotatable bonds is 3. The van der Waals surface area contributed by atoms with Gasteiger partial charge in [0, 0.05) is 40.3 Å². The van der Waals surface area contributed by atoms with E-state index in [1.165, 1.54) is 0 Å². The van der Waals surface area contributed by atoms with Crippen molar-refractivity contribution in [2.24, 2.45) is 0 Å². The van der Waals surface area contributed by atoms with Gasteiger partial charge in [0.25, 0.3) is 0 Å². The van der Waals surface area contributed by atoms with Crippen LogP contribution >= 0.6 is 11.8 Å². The highest BCUT2D eigenvalue weighted by Crippen LogP contribution is 2.34. The van der Waals surface area contributed by atoms with E-state index in [0.29, 0.717) is 0 Å². The minimum Gasteiger partial charge on any atom is -0.358 e. The fourth-order valence-electron chi connectivity index (χ4n) is 3.28.